The van der Waals surface area contributed by atoms with Crippen molar-refractivity contribution in [1.29, 1.82) is 0 Å². The molecule has 4 fully saturated rings. The number of rotatable bonds is 8. The number of carbonyl (C=O) groups is 1. The number of ether oxygens (including phenoxy) is 1. The van der Waals surface area contributed by atoms with E-state index < -0.39 is 8.32 Å². The van der Waals surface area contributed by atoms with Crippen LogP contribution < -0.4 is 0 Å². The van der Waals surface area contributed by atoms with Gasteiger partial charge >= 0.3 is 5.97 Å². The summed E-state index contributed by atoms with van der Waals surface area (Å²) in [5.41, 5.74) is 0.00439. The first kappa shape index (κ1) is 39.0. The molecule has 6 heteroatoms. The highest BCUT2D eigenvalue weighted by atomic mass is 28.4. The highest BCUT2D eigenvalue weighted by Gasteiger charge is 2.72. The third-order valence-corrected chi connectivity index (χ3v) is 19.5. The minimum atomic E-state index is -1.96. The van der Waals surface area contributed by atoms with Crippen LogP contribution in [0.1, 0.15) is 141 Å². The Morgan fingerprint density at radius 2 is 1.53 bits per heavy atom. The summed E-state index contributed by atoms with van der Waals surface area (Å²) in [5.74, 6) is 2.48. The summed E-state index contributed by atoms with van der Waals surface area (Å²) in [7, 11) is -0.962. The van der Waals surface area contributed by atoms with Crippen LogP contribution in [-0.2, 0) is 14.0 Å². The molecule has 0 aliphatic heterocycles. The monoisotopic (exact) mass is 651 g/mol. The fourth-order valence-electron chi connectivity index (χ4n) is 11.6. The predicted molar refractivity (Wildman–Crippen MR) is 189 cm³/mol. The lowest BCUT2D eigenvalue weighted by Gasteiger charge is -2.70. The Bertz CT molecular complexity index is 1020. The number of aliphatic hydroxyl groups is 2. The van der Waals surface area contributed by atoms with Crippen LogP contribution in [0.15, 0.2) is 0 Å². The number of hydrogen-bond donors (Lipinski definition) is 2. The maximum absolute atomic E-state index is 12.7. The van der Waals surface area contributed by atoms with Gasteiger partial charge in [-0.1, -0.05) is 95.4 Å². The van der Waals surface area contributed by atoms with E-state index in [9.17, 15) is 9.90 Å². The van der Waals surface area contributed by atoms with Gasteiger partial charge in [0.25, 0.3) is 0 Å². The Morgan fingerprint density at radius 3 is 2.07 bits per heavy atom. The fourth-order valence-corrected chi connectivity index (χ4v) is 13.0. The van der Waals surface area contributed by atoms with Gasteiger partial charge in [0.2, 0.25) is 0 Å². The van der Waals surface area contributed by atoms with Crippen LogP contribution in [0.2, 0.25) is 18.1 Å². The molecule has 2 N–H and O–H groups in total. The molecule has 0 aromatic rings. The van der Waals surface area contributed by atoms with Crippen molar-refractivity contribution in [3.8, 4) is 0 Å². The number of aliphatic hydroxyl groups excluding tert-OH is 2. The summed E-state index contributed by atoms with van der Waals surface area (Å²) in [4.78, 5) is 12.7. The zero-order valence-electron chi connectivity index (χ0n) is 32.2. The summed E-state index contributed by atoms with van der Waals surface area (Å²) in [5, 5.41) is 19.6. The van der Waals surface area contributed by atoms with E-state index in [2.05, 4.69) is 89.3 Å². The summed E-state index contributed by atoms with van der Waals surface area (Å²) in [6.07, 6.45) is 9.81. The normalized spacial score (nSPS) is 41.7. The van der Waals surface area contributed by atoms with Crippen molar-refractivity contribution < 1.29 is 24.2 Å². The lowest BCUT2D eigenvalue weighted by atomic mass is 9.36. The highest BCUT2D eigenvalue weighted by molar-refractivity contribution is 6.74. The molecule has 4 rings (SSSR count). The number of carbonyl (C=O) groups excluding carboxylic acids is 1. The third kappa shape index (κ3) is 6.75. The number of fused-ring (bicyclic) bond motifs is 5. The quantitative estimate of drug-likeness (QED) is 0.202. The van der Waals surface area contributed by atoms with Crippen LogP contribution in [-0.4, -0.2) is 49.9 Å². The molecule has 11 atom stereocenters. The molecule has 5 nitrogen and oxygen atoms in total. The Balaban J connectivity index is 0.00000271. The molecule has 0 heterocycles. The first-order valence-electron chi connectivity index (χ1n) is 18.5. The molecule has 4 aliphatic carbocycles. The van der Waals surface area contributed by atoms with E-state index in [0.29, 0.717) is 17.8 Å². The summed E-state index contributed by atoms with van der Waals surface area (Å²) in [6, 6.07) is 0. The largest absolute Gasteiger partial charge is 0.462 e. The molecule has 0 radical (unpaired) electrons. The van der Waals surface area contributed by atoms with Gasteiger partial charge in [0.15, 0.2) is 8.32 Å². The fraction of sp³-hybridized carbons (Fsp3) is 0.974. The molecular formula is C39H74O5Si. The van der Waals surface area contributed by atoms with Gasteiger partial charge < -0.3 is 19.4 Å². The van der Waals surface area contributed by atoms with Gasteiger partial charge in [-0.3, -0.25) is 4.79 Å². The number of esters is 1. The van der Waals surface area contributed by atoms with Crippen LogP contribution in [0.3, 0.4) is 0 Å². The molecule has 0 unspecified atom stereocenters. The Kier molecular flexibility index (Phi) is 11.7. The minimum absolute atomic E-state index is 0.0111. The first-order chi connectivity index (χ1) is 20.5. The predicted octanol–water partition coefficient (Wildman–Crippen LogP) is 9.65. The first-order valence-corrected chi connectivity index (χ1v) is 21.4. The van der Waals surface area contributed by atoms with Gasteiger partial charge in [-0.05, 0) is 108 Å². The molecule has 0 spiro atoms. The van der Waals surface area contributed by atoms with Crippen LogP contribution in [0.25, 0.3) is 0 Å². The van der Waals surface area contributed by atoms with E-state index in [1.165, 1.54) is 32.1 Å². The zero-order chi connectivity index (χ0) is 34.6. The molecular weight excluding hydrogens is 577 g/mol. The Hall–Kier alpha value is -0.433. The van der Waals surface area contributed by atoms with E-state index in [0.717, 1.165) is 38.7 Å². The van der Waals surface area contributed by atoms with Crippen molar-refractivity contribution in [2.45, 2.75) is 177 Å². The van der Waals surface area contributed by atoms with Crippen LogP contribution in [0.4, 0.5) is 0 Å². The van der Waals surface area contributed by atoms with Crippen molar-refractivity contribution in [3.63, 3.8) is 0 Å². The van der Waals surface area contributed by atoms with Gasteiger partial charge in [0.1, 0.15) is 6.10 Å². The SMILES string of the molecule is CC(=O)O[C@H]1C[C@H]2C(C)(C)[C@@H](O[Si](C)(C)C(C)(C)C)CC[C@]2(C)[C@@H]2[C@@H]1[C@]1(C)CC[C@H]([C@H](C)CCCC(C)C)[C@@]1(C)C[C@@H]2O.CO. The average Bonchev–Trinajstić information content (AvgIpc) is 3.17. The summed E-state index contributed by atoms with van der Waals surface area (Å²) >= 11 is 0. The van der Waals surface area contributed by atoms with E-state index >= 15 is 0 Å². The Morgan fingerprint density at radius 1 is 0.933 bits per heavy atom. The standard InChI is InChI=1S/C38H70O4Si.CH4O/c1-24(2)16-15-17-25(3)27-18-21-37(11)33-29(41-26(4)39)22-30-35(8,9)31(42-43(13,14)34(5,6)7)19-20-36(30,10)32(33)28(40)23-38(27,37)12;1-2/h24-25,27-33,40H,15-23H2,1-14H3;2H,1H3/t25-,27-,28+,29+,30+,31+,32+,33-,36+,37+,38-;/m1./s1. The topological polar surface area (TPSA) is 76.0 Å². The van der Waals surface area contributed by atoms with Crippen molar-refractivity contribution in [2.24, 2.45) is 57.2 Å². The lowest BCUT2D eigenvalue weighted by Crippen LogP contribution is -2.69. The van der Waals surface area contributed by atoms with E-state index in [1.807, 2.05) is 0 Å². The van der Waals surface area contributed by atoms with Gasteiger partial charge in [-0.25, -0.2) is 0 Å². The molecule has 4 aliphatic rings. The second-order valence-electron chi connectivity index (χ2n) is 19.3. The smallest absolute Gasteiger partial charge is 0.302 e. The van der Waals surface area contributed by atoms with Gasteiger partial charge in [-0.2, -0.15) is 0 Å². The van der Waals surface area contributed by atoms with Gasteiger partial charge in [0.05, 0.1) is 12.2 Å². The number of hydrogen-bond acceptors (Lipinski definition) is 5. The van der Waals surface area contributed by atoms with Crippen molar-refractivity contribution in [1.82, 2.24) is 0 Å². The lowest BCUT2D eigenvalue weighted by molar-refractivity contribution is -0.265. The second kappa shape index (κ2) is 13.5. The Labute approximate surface area is 279 Å². The maximum Gasteiger partial charge on any atom is 0.302 e. The molecule has 0 saturated heterocycles. The summed E-state index contributed by atoms with van der Waals surface area (Å²) in [6.45, 7) is 32.9. The molecule has 0 aromatic carbocycles. The molecule has 0 aromatic heterocycles. The van der Waals surface area contributed by atoms with Crippen LogP contribution >= 0.6 is 0 Å². The van der Waals surface area contributed by atoms with E-state index in [4.69, 9.17) is 14.3 Å². The van der Waals surface area contributed by atoms with Crippen molar-refractivity contribution in [2.75, 3.05) is 7.11 Å². The summed E-state index contributed by atoms with van der Waals surface area (Å²) < 4.78 is 13.6. The molecule has 4 saturated carbocycles. The van der Waals surface area contributed by atoms with E-state index in [1.54, 1.807) is 6.92 Å². The van der Waals surface area contributed by atoms with Crippen molar-refractivity contribution in [3.05, 3.63) is 0 Å². The van der Waals surface area contributed by atoms with Gasteiger partial charge in [0, 0.05) is 20.0 Å². The highest BCUT2D eigenvalue weighted by Crippen LogP contribution is 2.75. The maximum atomic E-state index is 12.7. The third-order valence-electron chi connectivity index (χ3n) is 15.1. The molecule has 0 bridgehead atoms. The molecule has 0 amide bonds. The van der Waals surface area contributed by atoms with E-state index in [-0.39, 0.29) is 62.8 Å². The molecule has 264 valence electrons. The van der Waals surface area contributed by atoms with Crippen molar-refractivity contribution >= 4 is 14.3 Å². The average molecular weight is 651 g/mol. The van der Waals surface area contributed by atoms with Gasteiger partial charge in [-0.15, -0.1) is 0 Å². The van der Waals surface area contributed by atoms with Crippen LogP contribution in [0, 0.1) is 57.2 Å². The van der Waals surface area contributed by atoms with Crippen LogP contribution in [0.5, 0.6) is 0 Å². The zero-order valence-corrected chi connectivity index (χ0v) is 33.2. The molecule has 45 heavy (non-hydrogen) atoms. The minimum Gasteiger partial charge on any atom is -0.462 e. The second-order valence-corrected chi connectivity index (χ2v) is 24.0.